The van der Waals surface area contributed by atoms with E-state index < -0.39 is 0 Å². The Morgan fingerprint density at radius 2 is 2.50 bits per heavy atom. The Kier molecular flexibility index (Phi) is 5.86. The summed E-state index contributed by atoms with van der Waals surface area (Å²) in [4.78, 5) is 0. The van der Waals surface area contributed by atoms with Crippen molar-refractivity contribution in [2.75, 3.05) is 13.8 Å². The molecule has 2 nitrogen and oxygen atoms in total. The van der Waals surface area contributed by atoms with E-state index in [0.29, 0.717) is 22.2 Å². The molecule has 0 heterocycles. The highest BCUT2D eigenvalue weighted by molar-refractivity contribution is 6.29. The van der Waals surface area contributed by atoms with Gasteiger partial charge < -0.3 is 9.04 Å². The van der Waals surface area contributed by atoms with Gasteiger partial charge in [-0.2, -0.15) is 0 Å². The average molecular weight is 102 g/mol. The Morgan fingerprint density at radius 1 is 1.83 bits per heavy atom. The van der Waals surface area contributed by atoms with E-state index in [4.69, 9.17) is 4.74 Å². The third kappa shape index (κ3) is 4.45. The molecule has 0 rings (SSSR count). The van der Waals surface area contributed by atoms with Gasteiger partial charge >= 0.3 is 15.4 Å². The number of hydrogen-bond donors (Lipinski definition) is 1. The molecule has 0 aliphatic carbocycles. The van der Waals surface area contributed by atoms with Crippen LogP contribution in [0.25, 0.3) is 0 Å². The lowest BCUT2D eigenvalue weighted by Crippen LogP contribution is -2.18. The van der Waals surface area contributed by atoms with Crippen molar-refractivity contribution in [2.24, 2.45) is 0 Å². The summed E-state index contributed by atoms with van der Waals surface area (Å²) in [5, 5.41) is 0. The monoisotopic (exact) mass is 102 g/mol. The van der Waals surface area contributed by atoms with Gasteiger partial charge in [0.2, 0.25) is 0 Å². The second-order valence-electron chi connectivity index (χ2n) is 0.926. The summed E-state index contributed by atoms with van der Waals surface area (Å²) in [6, 6.07) is 0. The quantitative estimate of drug-likeness (QED) is 0.304. The lowest BCUT2D eigenvalue weighted by molar-refractivity contribution is 0.194. The highest BCUT2D eigenvalue weighted by Crippen LogP contribution is 1.53. The molecule has 0 saturated heterocycles. The summed E-state index contributed by atoms with van der Waals surface area (Å²) in [5.41, 5.74) is 0. The second kappa shape index (κ2) is 5.45. The minimum absolute atomic E-state index is 0.409. The molecular weight excluding hydrogens is 93.0 g/mol. The number of rotatable bonds is 3. The Hall–Kier alpha value is 0.452. The van der Waals surface area contributed by atoms with Crippen LogP contribution in [0.3, 0.4) is 0 Å². The van der Waals surface area contributed by atoms with Gasteiger partial charge in [0.25, 0.3) is 0 Å². The highest BCUT2D eigenvalue weighted by Gasteiger charge is 1.74. The fraction of sp³-hybridized carbons (Fsp3) is 1.00. The molecule has 0 unspecified atom stereocenters. The molecule has 35 valence electrons. The van der Waals surface area contributed by atoms with Gasteiger partial charge in [-0.05, 0) is 0 Å². The minimum atomic E-state index is 0.409. The van der Waals surface area contributed by atoms with Crippen LogP contribution in [-0.4, -0.2) is 29.3 Å². The summed E-state index contributed by atoms with van der Waals surface area (Å²) in [5.74, 6) is 2.12. The average Bonchev–Trinajstić information content (AvgIpc) is 1.61. The lowest BCUT2D eigenvalue weighted by Gasteiger charge is -1.93. The first kappa shape index (κ1) is 6.45. The molecule has 0 aromatic rings. The van der Waals surface area contributed by atoms with E-state index in [2.05, 4.69) is 10.1 Å². The molecule has 3 heteroatoms. The summed E-state index contributed by atoms with van der Waals surface area (Å²) >= 11 is 0.409. The second-order valence-corrected chi connectivity index (χ2v) is 1.91. The number of ether oxygens (including phenoxy) is 1. The Bertz CT molecular complexity index is 22.8. The summed E-state index contributed by atoms with van der Waals surface area (Å²) in [6.45, 7) is 0.700. The van der Waals surface area contributed by atoms with Crippen molar-refractivity contribution in [3.63, 3.8) is 0 Å². The van der Waals surface area contributed by atoms with Crippen molar-refractivity contribution in [1.82, 2.24) is 4.30 Å². The van der Waals surface area contributed by atoms with Gasteiger partial charge in [0, 0.05) is 7.11 Å². The van der Waals surface area contributed by atoms with Crippen molar-refractivity contribution < 1.29 is 4.74 Å². The van der Waals surface area contributed by atoms with E-state index in [9.17, 15) is 0 Å². The molecule has 0 aromatic heterocycles. The third-order valence-electron chi connectivity index (χ3n) is 0.432. The largest absolute Gasteiger partial charge is 0.384 e. The van der Waals surface area contributed by atoms with Gasteiger partial charge in [-0.3, -0.25) is 0 Å². The predicted molar refractivity (Wildman–Crippen MR) is 26.6 cm³/mol. The molecule has 0 atom stereocenters. The van der Waals surface area contributed by atoms with Crippen LogP contribution in [0.1, 0.15) is 0 Å². The molecule has 1 radical (unpaired) electrons. The van der Waals surface area contributed by atoms with Gasteiger partial charge in [0.05, 0.1) is 6.73 Å². The van der Waals surface area contributed by atoms with Gasteiger partial charge in [-0.1, -0.05) is 5.79 Å². The molecule has 0 saturated carbocycles. The predicted octanol–water partition coefficient (Wildman–Crippen LogP) is -0.153. The SMILES string of the molecule is COC[NH][Al][CH3]. The Morgan fingerprint density at radius 3 is 2.67 bits per heavy atom. The zero-order chi connectivity index (χ0) is 4.83. The zero-order valence-electron chi connectivity index (χ0n) is 4.19. The number of methoxy groups -OCH3 is 1. The first-order chi connectivity index (χ1) is 2.91. The van der Waals surface area contributed by atoms with E-state index in [-0.39, 0.29) is 0 Å². The molecule has 0 spiro atoms. The molecule has 1 N–H and O–H groups in total. The van der Waals surface area contributed by atoms with Crippen LogP contribution in [-0.2, 0) is 4.74 Å². The van der Waals surface area contributed by atoms with Crippen molar-refractivity contribution in [3.8, 4) is 0 Å². The minimum Gasteiger partial charge on any atom is -0.384 e. The topological polar surface area (TPSA) is 21.3 Å². The molecular formula is C3H9AlNO. The summed E-state index contributed by atoms with van der Waals surface area (Å²) in [7, 11) is 1.68. The van der Waals surface area contributed by atoms with Crippen LogP contribution < -0.4 is 4.30 Å². The van der Waals surface area contributed by atoms with Crippen molar-refractivity contribution in [3.05, 3.63) is 0 Å². The smallest absolute Gasteiger partial charge is 0.318 e. The zero-order valence-corrected chi connectivity index (χ0v) is 5.35. The maximum Gasteiger partial charge on any atom is 0.318 e. The first-order valence-corrected chi connectivity index (χ1v) is 3.65. The number of nitrogens with one attached hydrogen (secondary N) is 1. The molecule has 0 aliphatic heterocycles. The highest BCUT2D eigenvalue weighted by atomic mass is 27.1. The fourth-order valence-corrected chi connectivity index (χ4v) is 0.500. The number of hydrogen-bond acceptors (Lipinski definition) is 2. The molecule has 0 bridgehead atoms. The van der Waals surface area contributed by atoms with Crippen LogP contribution in [0.4, 0.5) is 0 Å². The molecule has 6 heavy (non-hydrogen) atoms. The Balaban J connectivity index is 2.34. The van der Waals surface area contributed by atoms with E-state index in [1.807, 2.05) is 0 Å². The van der Waals surface area contributed by atoms with Gasteiger partial charge in [0.15, 0.2) is 0 Å². The maximum atomic E-state index is 4.69. The molecule has 0 fully saturated rings. The first-order valence-electron chi connectivity index (χ1n) is 1.92. The normalized spacial score (nSPS) is 8.33. The van der Waals surface area contributed by atoms with Crippen LogP contribution in [0, 0.1) is 0 Å². The van der Waals surface area contributed by atoms with Crippen LogP contribution >= 0.6 is 0 Å². The van der Waals surface area contributed by atoms with Gasteiger partial charge in [-0.25, -0.2) is 0 Å². The molecule has 0 aromatic carbocycles. The van der Waals surface area contributed by atoms with Crippen molar-refractivity contribution >= 4 is 15.4 Å². The van der Waals surface area contributed by atoms with Crippen molar-refractivity contribution in [1.29, 1.82) is 0 Å². The van der Waals surface area contributed by atoms with Crippen LogP contribution in [0.5, 0.6) is 0 Å². The van der Waals surface area contributed by atoms with Crippen LogP contribution in [0.2, 0.25) is 5.79 Å². The fourth-order valence-electron chi connectivity index (χ4n) is 0.167. The van der Waals surface area contributed by atoms with Crippen LogP contribution in [0.15, 0.2) is 0 Å². The van der Waals surface area contributed by atoms with Gasteiger partial charge in [0.1, 0.15) is 0 Å². The van der Waals surface area contributed by atoms with Crippen molar-refractivity contribution in [2.45, 2.75) is 5.79 Å². The standard InChI is InChI=1S/C2H6NO.CH3.Al/c1-4-2-3;;/h3H,2H2,1H3;1H3;/q-1;;+1. The maximum absolute atomic E-state index is 4.69. The third-order valence-corrected chi connectivity index (χ3v) is 1.01. The van der Waals surface area contributed by atoms with E-state index >= 15 is 0 Å². The summed E-state index contributed by atoms with van der Waals surface area (Å²) < 4.78 is 7.75. The van der Waals surface area contributed by atoms with E-state index in [1.54, 1.807) is 7.11 Å². The molecule has 0 amide bonds. The van der Waals surface area contributed by atoms with E-state index in [1.165, 1.54) is 0 Å². The molecule has 0 aliphatic rings. The Labute approximate surface area is 44.8 Å². The van der Waals surface area contributed by atoms with E-state index in [0.717, 1.165) is 0 Å². The summed E-state index contributed by atoms with van der Waals surface area (Å²) in [6.07, 6.45) is 0. The lowest BCUT2D eigenvalue weighted by atomic mass is 11.3. The van der Waals surface area contributed by atoms with Gasteiger partial charge in [-0.15, -0.1) is 0 Å².